The summed E-state index contributed by atoms with van der Waals surface area (Å²) in [6.45, 7) is 0.394. The molecule has 1 aliphatic rings. The van der Waals surface area contributed by atoms with Gasteiger partial charge in [-0.15, -0.1) is 11.3 Å². The van der Waals surface area contributed by atoms with Crippen molar-refractivity contribution in [2.75, 3.05) is 13.1 Å². The minimum absolute atomic E-state index is 0.0136. The first-order chi connectivity index (χ1) is 11.9. The fourth-order valence-electron chi connectivity index (χ4n) is 2.75. The van der Waals surface area contributed by atoms with Crippen molar-refractivity contribution in [3.63, 3.8) is 0 Å². The van der Waals surface area contributed by atoms with E-state index in [-0.39, 0.29) is 44.1 Å². The highest BCUT2D eigenvalue weighted by atomic mass is 32.1. The van der Waals surface area contributed by atoms with Gasteiger partial charge in [0, 0.05) is 36.9 Å². The fraction of sp³-hybridized carbons (Fsp3) is 0.353. The Morgan fingerprint density at radius 2 is 2.04 bits per heavy atom. The Morgan fingerprint density at radius 3 is 2.68 bits per heavy atom. The molecular formula is C17H17FN2O4S. The van der Waals surface area contributed by atoms with Crippen molar-refractivity contribution in [2.45, 2.75) is 24.9 Å². The van der Waals surface area contributed by atoms with Gasteiger partial charge in [-0.1, -0.05) is 12.1 Å². The Morgan fingerprint density at radius 1 is 1.32 bits per heavy atom. The van der Waals surface area contributed by atoms with Crippen LogP contribution in [-0.2, 0) is 16.0 Å². The zero-order valence-electron chi connectivity index (χ0n) is 13.3. The van der Waals surface area contributed by atoms with Gasteiger partial charge in [0.25, 0.3) is 0 Å². The predicted octanol–water partition coefficient (Wildman–Crippen LogP) is 1.93. The molecule has 3 rings (SSSR count). The largest absolute Gasteiger partial charge is 0.479 e. The van der Waals surface area contributed by atoms with Crippen LogP contribution in [0.1, 0.15) is 18.5 Å². The number of benzene rings is 1. The lowest BCUT2D eigenvalue weighted by atomic mass is 9.91. The van der Waals surface area contributed by atoms with E-state index in [2.05, 4.69) is 4.98 Å². The molecule has 2 heterocycles. The minimum atomic E-state index is -1.75. The summed E-state index contributed by atoms with van der Waals surface area (Å²) in [6, 6.07) is 6.11. The van der Waals surface area contributed by atoms with E-state index in [1.165, 1.54) is 23.5 Å². The highest BCUT2D eigenvalue weighted by Gasteiger charge is 2.40. The van der Waals surface area contributed by atoms with E-state index in [0.717, 1.165) is 0 Å². The molecule has 2 N–H and O–H groups in total. The average molecular weight is 364 g/mol. The second-order valence-electron chi connectivity index (χ2n) is 6.05. The van der Waals surface area contributed by atoms with Crippen LogP contribution in [0.5, 0.6) is 0 Å². The molecule has 0 atom stereocenters. The van der Waals surface area contributed by atoms with Crippen LogP contribution >= 0.6 is 11.3 Å². The van der Waals surface area contributed by atoms with Crippen molar-refractivity contribution < 1.29 is 24.2 Å². The number of carboxylic acids is 1. The second-order valence-corrected chi connectivity index (χ2v) is 6.91. The molecule has 0 bridgehead atoms. The van der Waals surface area contributed by atoms with Gasteiger partial charge in [-0.25, -0.2) is 14.2 Å². The third kappa shape index (κ3) is 3.85. The van der Waals surface area contributed by atoms with Crippen LogP contribution in [0.3, 0.4) is 0 Å². The zero-order chi connectivity index (χ0) is 18.0. The first-order valence-electron chi connectivity index (χ1n) is 7.81. The van der Waals surface area contributed by atoms with E-state index in [1.807, 2.05) is 0 Å². The van der Waals surface area contributed by atoms with Gasteiger partial charge in [-0.3, -0.25) is 4.79 Å². The minimum Gasteiger partial charge on any atom is -0.479 e. The van der Waals surface area contributed by atoms with Gasteiger partial charge in [0.05, 0.1) is 12.1 Å². The molecule has 1 amide bonds. The molecular weight excluding hydrogens is 347 g/mol. The van der Waals surface area contributed by atoms with Crippen LogP contribution in [0.2, 0.25) is 0 Å². The summed E-state index contributed by atoms with van der Waals surface area (Å²) in [6.07, 6.45) is 0.122. The number of carbonyl (C=O) groups is 2. The Bertz CT molecular complexity index is 799. The van der Waals surface area contributed by atoms with Gasteiger partial charge in [-0.05, 0) is 12.1 Å². The van der Waals surface area contributed by atoms with Gasteiger partial charge >= 0.3 is 5.97 Å². The molecule has 0 saturated carbocycles. The lowest BCUT2D eigenvalue weighted by molar-refractivity contribution is -0.165. The molecule has 0 aliphatic carbocycles. The van der Waals surface area contributed by atoms with Crippen molar-refractivity contribution >= 4 is 23.2 Å². The quantitative estimate of drug-likeness (QED) is 0.865. The number of aliphatic carboxylic acids is 1. The summed E-state index contributed by atoms with van der Waals surface area (Å²) in [4.78, 5) is 29.3. The van der Waals surface area contributed by atoms with Crippen LogP contribution in [0.4, 0.5) is 4.39 Å². The van der Waals surface area contributed by atoms with Crippen molar-refractivity contribution in [1.29, 1.82) is 0 Å². The van der Waals surface area contributed by atoms with Gasteiger partial charge in [0.15, 0.2) is 5.60 Å². The highest BCUT2D eigenvalue weighted by Crippen LogP contribution is 2.26. The number of hydrogen-bond donors (Lipinski definition) is 2. The van der Waals surface area contributed by atoms with Crippen molar-refractivity contribution in [2.24, 2.45) is 0 Å². The number of carboxylic acid groups (broad SMARTS) is 1. The third-order valence-electron chi connectivity index (χ3n) is 4.30. The number of aromatic nitrogens is 1. The summed E-state index contributed by atoms with van der Waals surface area (Å²) in [5, 5.41) is 21.3. The van der Waals surface area contributed by atoms with Crippen LogP contribution in [0, 0.1) is 5.82 Å². The summed E-state index contributed by atoms with van der Waals surface area (Å²) >= 11 is 1.34. The normalized spacial score (nSPS) is 16.6. The van der Waals surface area contributed by atoms with E-state index in [4.69, 9.17) is 5.11 Å². The van der Waals surface area contributed by atoms with Gasteiger partial charge in [0.1, 0.15) is 10.8 Å². The number of hydrogen-bond acceptors (Lipinski definition) is 5. The summed E-state index contributed by atoms with van der Waals surface area (Å²) in [7, 11) is 0. The number of piperidine rings is 1. The summed E-state index contributed by atoms with van der Waals surface area (Å²) in [5.41, 5.74) is -0.497. The molecule has 1 aromatic carbocycles. The van der Waals surface area contributed by atoms with Gasteiger partial charge in [-0.2, -0.15) is 0 Å². The van der Waals surface area contributed by atoms with Crippen LogP contribution in [-0.4, -0.2) is 50.7 Å². The molecule has 1 aliphatic heterocycles. The lowest BCUT2D eigenvalue weighted by Gasteiger charge is -2.35. The molecule has 0 unspecified atom stereocenters. The lowest BCUT2D eigenvalue weighted by Crippen LogP contribution is -2.51. The maximum absolute atomic E-state index is 13.3. The topological polar surface area (TPSA) is 90.7 Å². The monoisotopic (exact) mass is 364 g/mol. The number of thiazole rings is 1. The molecule has 0 spiro atoms. The van der Waals surface area contributed by atoms with Gasteiger partial charge in [0.2, 0.25) is 5.91 Å². The number of likely N-dealkylation sites (tertiary alicyclic amines) is 1. The number of halogens is 1. The predicted molar refractivity (Wildman–Crippen MR) is 89.6 cm³/mol. The van der Waals surface area contributed by atoms with E-state index < -0.39 is 11.6 Å². The van der Waals surface area contributed by atoms with Crippen LogP contribution < -0.4 is 0 Å². The number of carbonyl (C=O) groups excluding carboxylic acids is 1. The second kappa shape index (κ2) is 6.89. The average Bonchev–Trinajstić information content (AvgIpc) is 3.04. The molecule has 1 saturated heterocycles. The first kappa shape index (κ1) is 17.5. The summed E-state index contributed by atoms with van der Waals surface area (Å²) in [5.74, 6) is -1.76. The Hall–Kier alpha value is -2.32. The van der Waals surface area contributed by atoms with E-state index in [9.17, 15) is 19.1 Å². The number of rotatable bonds is 4. The molecule has 132 valence electrons. The first-order valence-corrected chi connectivity index (χ1v) is 8.69. The van der Waals surface area contributed by atoms with E-state index in [0.29, 0.717) is 16.3 Å². The molecule has 1 fully saturated rings. The Kier molecular flexibility index (Phi) is 4.82. The van der Waals surface area contributed by atoms with Crippen molar-refractivity contribution in [3.8, 4) is 10.6 Å². The van der Waals surface area contributed by atoms with Crippen molar-refractivity contribution in [1.82, 2.24) is 9.88 Å². The van der Waals surface area contributed by atoms with E-state index >= 15 is 0 Å². The number of aliphatic hydroxyl groups is 1. The smallest absolute Gasteiger partial charge is 0.335 e. The number of amides is 1. The maximum Gasteiger partial charge on any atom is 0.335 e. The molecule has 1 aromatic heterocycles. The zero-order valence-corrected chi connectivity index (χ0v) is 14.1. The van der Waals surface area contributed by atoms with E-state index in [1.54, 1.807) is 22.4 Å². The molecule has 2 aromatic rings. The van der Waals surface area contributed by atoms with Crippen LogP contribution in [0.25, 0.3) is 10.6 Å². The molecule has 6 nitrogen and oxygen atoms in total. The third-order valence-corrected chi connectivity index (χ3v) is 5.24. The highest BCUT2D eigenvalue weighted by molar-refractivity contribution is 7.13. The SMILES string of the molecule is O=C(Cc1csc(-c2cccc(F)c2)n1)N1CCC(O)(C(=O)O)CC1. The fourth-order valence-corrected chi connectivity index (χ4v) is 3.57. The molecule has 25 heavy (non-hydrogen) atoms. The number of nitrogens with zero attached hydrogens (tertiary/aromatic N) is 2. The molecule has 8 heteroatoms. The van der Waals surface area contributed by atoms with Crippen LogP contribution in [0.15, 0.2) is 29.6 Å². The standard InChI is InChI=1S/C17H17FN2O4S/c18-12-3-1-2-11(8-12)15-19-13(10-25-15)9-14(21)20-6-4-17(24,5-7-20)16(22)23/h1-3,8,10,24H,4-7,9H2,(H,22,23). The Labute approximate surface area is 147 Å². The van der Waals surface area contributed by atoms with Crippen molar-refractivity contribution in [3.05, 3.63) is 41.2 Å². The molecule has 0 radical (unpaired) electrons. The summed E-state index contributed by atoms with van der Waals surface area (Å²) < 4.78 is 13.3. The maximum atomic E-state index is 13.3. The Balaban J connectivity index is 1.62. The van der Waals surface area contributed by atoms with Gasteiger partial charge < -0.3 is 15.1 Å².